The molecule has 0 aromatic rings. The Labute approximate surface area is 82.4 Å². The lowest BCUT2D eigenvalue weighted by Gasteiger charge is -2.22. The zero-order chi connectivity index (χ0) is 10.4. The first-order valence-corrected chi connectivity index (χ1v) is 4.80. The van der Waals surface area contributed by atoms with E-state index in [1.54, 1.807) is 0 Å². The molecule has 0 aromatic heterocycles. The van der Waals surface area contributed by atoms with Gasteiger partial charge >= 0.3 is 11.9 Å². The van der Waals surface area contributed by atoms with Crippen LogP contribution in [0.2, 0.25) is 0 Å². The van der Waals surface area contributed by atoms with Crippen molar-refractivity contribution in [3.8, 4) is 0 Å². The minimum absolute atomic E-state index is 0.0359. The monoisotopic (exact) mass is 201 g/mol. The highest BCUT2D eigenvalue weighted by molar-refractivity contribution is 5.76. The summed E-state index contributed by atoms with van der Waals surface area (Å²) in [4.78, 5) is 21.3. The Morgan fingerprint density at radius 1 is 1.43 bits per heavy atom. The molecule has 0 radical (unpaired) electrons. The normalized spacial score (nSPS) is 21.6. The fraction of sp³-hybridized carbons (Fsp3) is 0.778. The Bertz CT molecular complexity index is 211. The summed E-state index contributed by atoms with van der Waals surface area (Å²) in [7, 11) is 0. The highest BCUT2D eigenvalue weighted by Crippen LogP contribution is 2.07. The number of ether oxygens (including phenoxy) is 1. The summed E-state index contributed by atoms with van der Waals surface area (Å²) < 4.78 is 5.08. The van der Waals surface area contributed by atoms with Crippen LogP contribution in [0.15, 0.2) is 0 Å². The first-order valence-electron chi connectivity index (χ1n) is 4.80. The van der Waals surface area contributed by atoms with Crippen molar-refractivity contribution in [3.63, 3.8) is 0 Å². The van der Waals surface area contributed by atoms with Crippen LogP contribution in [-0.2, 0) is 14.3 Å². The van der Waals surface area contributed by atoms with Crippen molar-refractivity contribution in [3.05, 3.63) is 0 Å². The molecule has 80 valence electrons. The fourth-order valence-corrected chi connectivity index (χ4v) is 1.37. The van der Waals surface area contributed by atoms with E-state index in [9.17, 15) is 9.59 Å². The average Bonchev–Trinajstić information content (AvgIpc) is 2.16. The van der Waals surface area contributed by atoms with Crippen LogP contribution in [0.1, 0.15) is 25.7 Å². The summed E-state index contributed by atoms with van der Waals surface area (Å²) in [5, 5.41) is 11.5. The molecule has 5 nitrogen and oxygen atoms in total. The molecule has 0 saturated carbocycles. The molecule has 0 amide bonds. The van der Waals surface area contributed by atoms with Crippen LogP contribution < -0.4 is 5.32 Å². The Kier molecular flexibility index (Phi) is 4.39. The molecule has 5 heteroatoms. The molecule has 1 atom stereocenters. The number of esters is 1. The molecule has 1 heterocycles. The van der Waals surface area contributed by atoms with Crippen LogP contribution in [0.5, 0.6) is 0 Å². The minimum atomic E-state index is -0.969. The van der Waals surface area contributed by atoms with E-state index in [0.717, 1.165) is 19.4 Å². The van der Waals surface area contributed by atoms with Crippen LogP contribution >= 0.6 is 0 Å². The number of carboxylic acid groups (broad SMARTS) is 1. The van der Waals surface area contributed by atoms with E-state index < -0.39 is 11.9 Å². The maximum Gasteiger partial charge on any atom is 0.306 e. The lowest BCUT2D eigenvalue weighted by Crippen LogP contribution is -2.36. The molecule has 14 heavy (non-hydrogen) atoms. The number of aliphatic carboxylic acids is 1. The Hall–Kier alpha value is -1.10. The summed E-state index contributed by atoms with van der Waals surface area (Å²) in [5.41, 5.74) is 0. The van der Waals surface area contributed by atoms with Crippen LogP contribution in [0.4, 0.5) is 0 Å². The molecule has 1 aliphatic heterocycles. The average molecular weight is 201 g/mol. The van der Waals surface area contributed by atoms with Crippen molar-refractivity contribution >= 4 is 11.9 Å². The minimum Gasteiger partial charge on any atom is -0.481 e. The lowest BCUT2D eigenvalue weighted by molar-refractivity contribution is -0.152. The first kappa shape index (κ1) is 11.0. The van der Waals surface area contributed by atoms with Gasteiger partial charge in [0, 0.05) is 6.54 Å². The van der Waals surface area contributed by atoms with E-state index in [2.05, 4.69) is 5.32 Å². The summed E-state index contributed by atoms with van der Waals surface area (Å²) in [6, 6.07) is 0. The second-order valence-corrected chi connectivity index (χ2v) is 3.35. The number of carboxylic acids is 1. The molecule has 2 N–H and O–H groups in total. The number of piperidine rings is 1. The Morgan fingerprint density at radius 3 is 2.79 bits per heavy atom. The van der Waals surface area contributed by atoms with Gasteiger partial charge in [0.1, 0.15) is 6.10 Å². The molecule has 0 aliphatic carbocycles. The van der Waals surface area contributed by atoms with E-state index in [-0.39, 0.29) is 18.9 Å². The summed E-state index contributed by atoms with van der Waals surface area (Å²) in [5.74, 6) is -1.38. The SMILES string of the molecule is O=C(O)CCC(=O)OC1CCCNC1. The third kappa shape index (κ3) is 4.23. The van der Waals surface area contributed by atoms with Gasteiger partial charge in [0.2, 0.25) is 0 Å². The largest absolute Gasteiger partial charge is 0.481 e. The number of hydrogen-bond donors (Lipinski definition) is 2. The van der Waals surface area contributed by atoms with Crippen LogP contribution in [0.3, 0.4) is 0 Å². The molecule has 0 bridgehead atoms. The number of rotatable bonds is 4. The molecule has 1 fully saturated rings. The van der Waals surface area contributed by atoms with Crippen molar-refractivity contribution < 1.29 is 19.4 Å². The van der Waals surface area contributed by atoms with E-state index in [4.69, 9.17) is 9.84 Å². The zero-order valence-corrected chi connectivity index (χ0v) is 7.99. The molecule has 0 spiro atoms. The fourth-order valence-electron chi connectivity index (χ4n) is 1.37. The van der Waals surface area contributed by atoms with Gasteiger partial charge in [0.25, 0.3) is 0 Å². The highest BCUT2D eigenvalue weighted by atomic mass is 16.5. The number of carbonyl (C=O) groups is 2. The molecule has 1 aliphatic rings. The van der Waals surface area contributed by atoms with Gasteiger partial charge in [-0.05, 0) is 19.4 Å². The molecule has 1 rings (SSSR count). The van der Waals surface area contributed by atoms with Gasteiger partial charge in [-0.25, -0.2) is 0 Å². The molecular formula is C9H15NO4. The maximum absolute atomic E-state index is 11.1. The van der Waals surface area contributed by atoms with Crippen molar-refractivity contribution in [1.82, 2.24) is 5.32 Å². The van der Waals surface area contributed by atoms with Gasteiger partial charge in [-0.1, -0.05) is 0 Å². The topological polar surface area (TPSA) is 75.6 Å². The molecule has 1 saturated heterocycles. The highest BCUT2D eigenvalue weighted by Gasteiger charge is 2.17. The Morgan fingerprint density at radius 2 is 2.21 bits per heavy atom. The second-order valence-electron chi connectivity index (χ2n) is 3.35. The van der Waals surface area contributed by atoms with E-state index in [0.29, 0.717) is 6.54 Å². The van der Waals surface area contributed by atoms with Gasteiger partial charge in [-0.3, -0.25) is 9.59 Å². The third-order valence-electron chi connectivity index (χ3n) is 2.09. The second kappa shape index (κ2) is 5.59. The van der Waals surface area contributed by atoms with Gasteiger partial charge < -0.3 is 15.2 Å². The maximum atomic E-state index is 11.1. The standard InChI is InChI=1S/C9H15NO4/c11-8(12)3-4-9(13)14-7-2-1-5-10-6-7/h7,10H,1-6H2,(H,11,12). The van der Waals surface area contributed by atoms with Gasteiger partial charge in [0.15, 0.2) is 0 Å². The lowest BCUT2D eigenvalue weighted by atomic mass is 10.1. The Balaban J connectivity index is 2.15. The molecule has 0 aromatic carbocycles. The van der Waals surface area contributed by atoms with Gasteiger partial charge in [-0.2, -0.15) is 0 Å². The predicted molar refractivity (Wildman–Crippen MR) is 48.9 cm³/mol. The zero-order valence-electron chi connectivity index (χ0n) is 7.99. The molecule has 1 unspecified atom stereocenters. The van der Waals surface area contributed by atoms with Crippen molar-refractivity contribution in [2.75, 3.05) is 13.1 Å². The van der Waals surface area contributed by atoms with E-state index >= 15 is 0 Å². The van der Waals surface area contributed by atoms with E-state index in [1.807, 2.05) is 0 Å². The number of nitrogens with one attached hydrogen (secondary N) is 1. The van der Waals surface area contributed by atoms with Crippen LogP contribution in [-0.4, -0.2) is 36.2 Å². The van der Waals surface area contributed by atoms with Crippen LogP contribution in [0, 0.1) is 0 Å². The number of carbonyl (C=O) groups excluding carboxylic acids is 1. The third-order valence-corrected chi connectivity index (χ3v) is 2.09. The summed E-state index contributed by atoms with van der Waals surface area (Å²) in [6.45, 7) is 1.64. The number of hydrogen-bond acceptors (Lipinski definition) is 4. The van der Waals surface area contributed by atoms with Gasteiger partial charge in [0.05, 0.1) is 12.8 Å². The van der Waals surface area contributed by atoms with Gasteiger partial charge in [-0.15, -0.1) is 0 Å². The first-order chi connectivity index (χ1) is 6.68. The van der Waals surface area contributed by atoms with E-state index in [1.165, 1.54) is 0 Å². The van der Waals surface area contributed by atoms with Crippen LogP contribution in [0.25, 0.3) is 0 Å². The predicted octanol–water partition coefficient (Wildman–Crippen LogP) is 0.146. The molecular weight excluding hydrogens is 186 g/mol. The smallest absolute Gasteiger partial charge is 0.306 e. The van der Waals surface area contributed by atoms with Crippen molar-refractivity contribution in [1.29, 1.82) is 0 Å². The van der Waals surface area contributed by atoms with Crippen molar-refractivity contribution in [2.45, 2.75) is 31.8 Å². The quantitative estimate of drug-likeness (QED) is 0.633. The summed E-state index contributed by atoms with van der Waals surface area (Å²) >= 11 is 0. The van der Waals surface area contributed by atoms with Crippen molar-refractivity contribution in [2.24, 2.45) is 0 Å². The summed E-state index contributed by atoms with van der Waals surface area (Å²) in [6.07, 6.45) is 1.60.